The number of methoxy groups -OCH3 is 1. The summed E-state index contributed by atoms with van der Waals surface area (Å²) in [5.41, 5.74) is 2.78. The number of anilines is 2. The summed E-state index contributed by atoms with van der Waals surface area (Å²) in [4.78, 5) is 46.3. The molecule has 1 saturated heterocycles. The van der Waals surface area contributed by atoms with Crippen molar-refractivity contribution in [2.24, 2.45) is 5.92 Å². The summed E-state index contributed by atoms with van der Waals surface area (Å²) in [5.74, 6) is -0.379. The molecule has 2 N–H and O–H groups in total. The SMILES string of the molecule is COc1ccc(C)cc1N1CC(C(=O)Nc2ccccc2-n2ncc3c(=O)[nH]cnc32)CC1=O. The van der Waals surface area contributed by atoms with E-state index >= 15 is 0 Å². The van der Waals surface area contributed by atoms with Crippen LogP contribution in [-0.2, 0) is 9.59 Å². The number of para-hydroxylation sites is 2. The number of nitrogens with one attached hydrogen (secondary N) is 2. The molecule has 0 saturated carbocycles. The van der Waals surface area contributed by atoms with Crippen LogP contribution in [0.4, 0.5) is 11.4 Å². The maximum Gasteiger partial charge on any atom is 0.261 e. The molecule has 4 aromatic rings. The Hall–Kier alpha value is -4.47. The Morgan fingerprint density at radius 2 is 2.00 bits per heavy atom. The molecule has 2 amide bonds. The van der Waals surface area contributed by atoms with Crippen molar-refractivity contribution in [1.29, 1.82) is 0 Å². The van der Waals surface area contributed by atoms with E-state index in [-0.39, 0.29) is 30.3 Å². The number of rotatable bonds is 5. The molecular weight excluding hydrogens is 436 g/mol. The zero-order chi connectivity index (χ0) is 23.8. The van der Waals surface area contributed by atoms with Crippen LogP contribution in [0, 0.1) is 12.8 Å². The Balaban J connectivity index is 1.41. The van der Waals surface area contributed by atoms with E-state index in [0.29, 0.717) is 33.8 Å². The predicted molar refractivity (Wildman–Crippen MR) is 126 cm³/mol. The molecule has 1 aliphatic heterocycles. The monoisotopic (exact) mass is 458 g/mol. The van der Waals surface area contributed by atoms with Crippen LogP contribution in [0.1, 0.15) is 12.0 Å². The van der Waals surface area contributed by atoms with Crippen molar-refractivity contribution in [2.75, 3.05) is 23.9 Å². The first-order valence-corrected chi connectivity index (χ1v) is 10.7. The van der Waals surface area contributed by atoms with Crippen LogP contribution >= 0.6 is 0 Å². The fraction of sp³-hybridized carbons (Fsp3) is 0.208. The van der Waals surface area contributed by atoms with Gasteiger partial charge in [0.15, 0.2) is 5.65 Å². The molecule has 1 fully saturated rings. The van der Waals surface area contributed by atoms with Crippen LogP contribution in [0.2, 0.25) is 0 Å². The number of carbonyl (C=O) groups is 2. The van der Waals surface area contributed by atoms with Gasteiger partial charge in [-0.15, -0.1) is 0 Å². The van der Waals surface area contributed by atoms with Crippen molar-refractivity contribution >= 4 is 34.2 Å². The predicted octanol–water partition coefficient (Wildman–Crippen LogP) is 2.42. The molecule has 34 heavy (non-hydrogen) atoms. The Morgan fingerprint density at radius 1 is 1.18 bits per heavy atom. The molecule has 1 atom stereocenters. The number of benzene rings is 2. The second-order valence-electron chi connectivity index (χ2n) is 8.11. The van der Waals surface area contributed by atoms with Gasteiger partial charge in [-0.1, -0.05) is 18.2 Å². The topological polar surface area (TPSA) is 122 Å². The minimum atomic E-state index is -0.541. The molecule has 1 aliphatic rings. The Labute approximate surface area is 194 Å². The van der Waals surface area contributed by atoms with Gasteiger partial charge in [0, 0.05) is 13.0 Å². The Bertz CT molecular complexity index is 1470. The molecule has 2 aromatic carbocycles. The summed E-state index contributed by atoms with van der Waals surface area (Å²) >= 11 is 0. The molecule has 0 spiro atoms. The van der Waals surface area contributed by atoms with E-state index in [1.54, 1.807) is 36.3 Å². The first kappa shape index (κ1) is 21.4. The molecule has 5 rings (SSSR count). The number of hydrogen-bond donors (Lipinski definition) is 2. The lowest BCUT2D eigenvalue weighted by Gasteiger charge is -2.20. The van der Waals surface area contributed by atoms with Crippen LogP contribution in [0.5, 0.6) is 5.75 Å². The van der Waals surface area contributed by atoms with Gasteiger partial charge in [0.2, 0.25) is 11.8 Å². The molecular formula is C24H22N6O4. The van der Waals surface area contributed by atoms with Crippen LogP contribution in [0.15, 0.2) is 59.8 Å². The van der Waals surface area contributed by atoms with E-state index < -0.39 is 5.92 Å². The van der Waals surface area contributed by atoms with E-state index in [2.05, 4.69) is 20.4 Å². The van der Waals surface area contributed by atoms with Crippen molar-refractivity contribution in [2.45, 2.75) is 13.3 Å². The van der Waals surface area contributed by atoms with Crippen LogP contribution in [0.3, 0.4) is 0 Å². The fourth-order valence-corrected chi connectivity index (χ4v) is 4.16. The summed E-state index contributed by atoms with van der Waals surface area (Å²) in [6.07, 6.45) is 2.83. The molecule has 172 valence electrons. The first-order valence-electron chi connectivity index (χ1n) is 10.7. The van der Waals surface area contributed by atoms with Gasteiger partial charge in [-0.3, -0.25) is 14.4 Å². The number of fused-ring (bicyclic) bond motifs is 1. The van der Waals surface area contributed by atoms with E-state index in [0.717, 1.165) is 5.56 Å². The molecule has 10 nitrogen and oxygen atoms in total. The van der Waals surface area contributed by atoms with Gasteiger partial charge in [-0.25, -0.2) is 9.67 Å². The lowest BCUT2D eigenvalue weighted by Crippen LogP contribution is -2.28. The second kappa shape index (κ2) is 8.47. The standard InChI is InChI=1S/C24H22N6O4/c1-14-7-8-20(34-2)19(9-14)29-12-15(10-21(29)31)23(32)28-17-5-3-4-6-18(17)30-22-16(11-27-30)24(33)26-13-25-22/h3-9,11,13,15H,10,12H2,1-2H3,(H,28,32)(H,25,26,33). The van der Waals surface area contributed by atoms with Gasteiger partial charge < -0.3 is 19.9 Å². The van der Waals surface area contributed by atoms with Gasteiger partial charge >= 0.3 is 0 Å². The van der Waals surface area contributed by atoms with Crippen molar-refractivity contribution in [3.8, 4) is 11.4 Å². The summed E-state index contributed by atoms with van der Waals surface area (Å²) in [6, 6.07) is 12.7. The second-order valence-corrected chi connectivity index (χ2v) is 8.11. The van der Waals surface area contributed by atoms with Crippen molar-refractivity contribution < 1.29 is 14.3 Å². The number of ether oxygens (including phenoxy) is 1. The third-order valence-electron chi connectivity index (χ3n) is 5.88. The largest absolute Gasteiger partial charge is 0.495 e. The van der Waals surface area contributed by atoms with Crippen LogP contribution in [0.25, 0.3) is 16.7 Å². The number of H-pyrrole nitrogens is 1. The average Bonchev–Trinajstić information content (AvgIpc) is 3.44. The molecule has 10 heteroatoms. The van der Waals surface area contributed by atoms with E-state index in [9.17, 15) is 14.4 Å². The molecule has 0 radical (unpaired) electrons. The Kier molecular flexibility index (Phi) is 5.33. The van der Waals surface area contributed by atoms with Crippen LogP contribution in [-0.4, -0.2) is 45.2 Å². The molecule has 1 unspecified atom stereocenters. The highest BCUT2D eigenvalue weighted by molar-refractivity contribution is 6.04. The number of carbonyl (C=O) groups excluding carboxylic acids is 2. The maximum atomic E-state index is 13.2. The normalized spacial score (nSPS) is 15.6. The lowest BCUT2D eigenvalue weighted by atomic mass is 10.1. The quantitative estimate of drug-likeness (QED) is 0.474. The number of nitrogens with zero attached hydrogens (tertiary/aromatic N) is 4. The van der Waals surface area contributed by atoms with Gasteiger partial charge in [-0.05, 0) is 36.8 Å². The summed E-state index contributed by atoms with van der Waals surface area (Å²) in [7, 11) is 1.55. The third-order valence-corrected chi connectivity index (χ3v) is 5.88. The van der Waals surface area contributed by atoms with Gasteiger partial charge in [0.05, 0.1) is 42.6 Å². The molecule has 0 aliphatic carbocycles. The maximum absolute atomic E-state index is 13.2. The number of aryl methyl sites for hydroxylation is 1. The van der Waals surface area contributed by atoms with Crippen molar-refractivity contribution in [1.82, 2.24) is 19.7 Å². The van der Waals surface area contributed by atoms with Crippen LogP contribution < -0.4 is 20.5 Å². The minimum absolute atomic E-state index is 0.0900. The minimum Gasteiger partial charge on any atom is -0.495 e. The summed E-state index contributed by atoms with van der Waals surface area (Å²) in [6.45, 7) is 2.18. The van der Waals surface area contributed by atoms with Crippen molar-refractivity contribution in [3.63, 3.8) is 0 Å². The number of hydrogen-bond acceptors (Lipinski definition) is 6. The number of aromatic amines is 1. The van der Waals surface area contributed by atoms with E-state index in [4.69, 9.17) is 4.74 Å². The highest BCUT2D eigenvalue weighted by atomic mass is 16.5. The van der Waals surface area contributed by atoms with Gasteiger partial charge in [0.1, 0.15) is 11.1 Å². The lowest BCUT2D eigenvalue weighted by molar-refractivity contribution is -0.122. The summed E-state index contributed by atoms with van der Waals surface area (Å²) < 4.78 is 6.92. The molecule has 0 bridgehead atoms. The van der Waals surface area contributed by atoms with Gasteiger partial charge in [0.25, 0.3) is 5.56 Å². The zero-order valence-corrected chi connectivity index (χ0v) is 18.6. The number of aromatic nitrogens is 4. The van der Waals surface area contributed by atoms with E-state index in [1.165, 1.54) is 17.2 Å². The summed E-state index contributed by atoms with van der Waals surface area (Å²) in [5, 5.41) is 7.56. The number of amides is 2. The highest BCUT2D eigenvalue weighted by Crippen LogP contribution is 2.34. The fourth-order valence-electron chi connectivity index (χ4n) is 4.16. The highest BCUT2D eigenvalue weighted by Gasteiger charge is 2.36. The van der Waals surface area contributed by atoms with Crippen molar-refractivity contribution in [3.05, 3.63) is 70.9 Å². The third kappa shape index (κ3) is 3.68. The first-order chi connectivity index (χ1) is 16.5. The average molecular weight is 458 g/mol. The molecule has 3 heterocycles. The Morgan fingerprint density at radius 3 is 2.82 bits per heavy atom. The molecule has 2 aromatic heterocycles. The smallest absolute Gasteiger partial charge is 0.261 e. The van der Waals surface area contributed by atoms with Gasteiger partial charge in [-0.2, -0.15) is 5.10 Å². The van der Waals surface area contributed by atoms with E-state index in [1.807, 2.05) is 25.1 Å². The zero-order valence-electron chi connectivity index (χ0n) is 18.6.